The van der Waals surface area contributed by atoms with E-state index >= 15 is 0 Å². The van der Waals surface area contributed by atoms with Crippen molar-refractivity contribution in [3.63, 3.8) is 0 Å². The first-order chi connectivity index (χ1) is 38.2. The first-order valence-corrected chi connectivity index (χ1v) is 26.6. The van der Waals surface area contributed by atoms with Crippen molar-refractivity contribution in [1.82, 2.24) is 0 Å². The maximum Gasteiger partial charge on any atom is 0.132 e. The van der Waals surface area contributed by atoms with Crippen molar-refractivity contribution in [2.75, 3.05) is 4.90 Å². The number of benzene rings is 12. The van der Waals surface area contributed by atoms with Crippen molar-refractivity contribution >= 4 is 17.1 Å². The normalized spacial score (nSPS) is 13.9. The molecule has 0 bridgehead atoms. The fourth-order valence-electron chi connectivity index (χ4n) is 13.8. The van der Waals surface area contributed by atoms with Crippen molar-refractivity contribution in [2.24, 2.45) is 0 Å². The van der Waals surface area contributed by atoms with Crippen LogP contribution in [0.15, 0.2) is 285 Å². The highest BCUT2D eigenvalue weighted by Gasteiger charge is 2.53. The molecule has 0 N–H and O–H groups in total. The molecule has 0 aromatic heterocycles. The van der Waals surface area contributed by atoms with E-state index in [1.807, 2.05) is 0 Å². The highest BCUT2D eigenvalue weighted by molar-refractivity contribution is 5.98. The Labute approximate surface area is 448 Å². The lowest BCUT2D eigenvalue weighted by Gasteiger charge is -2.39. The van der Waals surface area contributed by atoms with Crippen molar-refractivity contribution in [2.45, 2.75) is 10.8 Å². The van der Waals surface area contributed by atoms with Gasteiger partial charge in [0.05, 0.1) is 16.5 Å². The first kappa shape index (κ1) is 43.4. The molecule has 360 valence electrons. The number of hydrogen-bond acceptors (Lipinski definition) is 3. The summed E-state index contributed by atoms with van der Waals surface area (Å²) in [4.78, 5) is 2.43. The summed E-state index contributed by atoms with van der Waals surface area (Å²) in [6, 6.07) is 104. The quantitative estimate of drug-likeness (QED) is 0.166. The second-order valence-electron chi connectivity index (χ2n) is 20.6. The van der Waals surface area contributed by atoms with Gasteiger partial charge in [0.1, 0.15) is 23.0 Å². The van der Waals surface area contributed by atoms with Gasteiger partial charge in [0.2, 0.25) is 0 Å². The molecule has 2 aliphatic heterocycles. The minimum absolute atomic E-state index is 0.507. The Morgan fingerprint density at radius 1 is 0.234 bits per heavy atom. The molecule has 0 amide bonds. The number of anilines is 3. The molecular formula is C74H47NO2. The standard InChI is InChI=1S/C74H47NO2/c1-2-20-49(21-3-1)54-24-6-13-35-67(54)75(52-43-40-48(41-44-52)50-42-45-61-58(47-50)56-25-4-7-28-59(56)73(61)62-30-9-14-36-68(62)76-69-37-15-10-31-63(69)73)53-23-18-22-51(46-53)55-27-19-34-66-72(55)57-26-5-8-29-60(57)74(66)64-32-11-16-38-70(64)77-71-39-17-12-33-65(71)74/h1-47H. The van der Waals surface area contributed by atoms with E-state index in [0.717, 1.165) is 73.4 Å². The van der Waals surface area contributed by atoms with Crippen LogP contribution >= 0.6 is 0 Å². The molecule has 0 saturated carbocycles. The highest BCUT2D eigenvalue weighted by atomic mass is 16.5. The molecular weight excluding hydrogens is 935 g/mol. The fourth-order valence-corrected chi connectivity index (χ4v) is 13.8. The van der Waals surface area contributed by atoms with Gasteiger partial charge in [0.15, 0.2) is 0 Å². The van der Waals surface area contributed by atoms with E-state index in [2.05, 4.69) is 290 Å². The van der Waals surface area contributed by atoms with Gasteiger partial charge in [-0.3, -0.25) is 0 Å². The summed E-state index contributed by atoms with van der Waals surface area (Å²) in [5.41, 5.74) is 23.9. The van der Waals surface area contributed by atoms with Gasteiger partial charge in [-0.2, -0.15) is 0 Å². The van der Waals surface area contributed by atoms with Crippen LogP contribution in [-0.4, -0.2) is 0 Å². The molecule has 0 unspecified atom stereocenters. The Morgan fingerprint density at radius 3 is 1.31 bits per heavy atom. The monoisotopic (exact) mass is 981 g/mol. The van der Waals surface area contributed by atoms with Crippen molar-refractivity contribution in [3.05, 3.63) is 330 Å². The smallest absolute Gasteiger partial charge is 0.132 e. The van der Waals surface area contributed by atoms with Crippen LogP contribution in [0.5, 0.6) is 23.0 Å². The third kappa shape index (κ3) is 6.14. The van der Waals surface area contributed by atoms with Gasteiger partial charge in [-0.25, -0.2) is 0 Å². The maximum atomic E-state index is 6.67. The Hall–Kier alpha value is -9.96. The van der Waals surface area contributed by atoms with E-state index in [9.17, 15) is 0 Å². The Kier molecular flexibility index (Phi) is 9.47. The summed E-state index contributed by atoms with van der Waals surface area (Å²) >= 11 is 0. The molecule has 2 heterocycles. The van der Waals surface area contributed by atoms with Gasteiger partial charge >= 0.3 is 0 Å². The third-order valence-corrected chi connectivity index (χ3v) is 16.8. The summed E-state index contributed by atoms with van der Waals surface area (Å²) in [7, 11) is 0. The Bertz CT molecular complexity index is 4270. The van der Waals surface area contributed by atoms with E-state index in [1.165, 1.54) is 66.8 Å². The molecule has 0 radical (unpaired) electrons. The van der Waals surface area contributed by atoms with Gasteiger partial charge < -0.3 is 14.4 Å². The van der Waals surface area contributed by atoms with Crippen LogP contribution in [0.4, 0.5) is 17.1 Å². The summed E-state index contributed by atoms with van der Waals surface area (Å²) in [6.45, 7) is 0. The Morgan fingerprint density at radius 2 is 0.675 bits per heavy atom. The van der Waals surface area contributed by atoms with Crippen LogP contribution < -0.4 is 14.4 Å². The lowest BCUT2D eigenvalue weighted by molar-refractivity contribution is 0.436. The van der Waals surface area contributed by atoms with Crippen molar-refractivity contribution < 1.29 is 9.47 Å². The highest BCUT2D eigenvalue weighted by Crippen LogP contribution is 2.65. The zero-order valence-electron chi connectivity index (χ0n) is 41.9. The molecule has 77 heavy (non-hydrogen) atoms. The minimum atomic E-state index is -0.557. The average Bonchev–Trinajstić information content (AvgIpc) is 3.81. The molecule has 2 spiro atoms. The van der Waals surface area contributed by atoms with Crippen molar-refractivity contribution in [1.29, 1.82) is 0 Å². The van der Waals surface area contributed by atoms with E-state index < -0.39 is 10.8 Å². The van der Waals surface area contributed by atoms with Crippen LogP contribution in [-0.2, 0) is 10.8 Å². The minimum Gasteiger partial charge on any atom is -0.457 e. The van der Waals surface area contributed by atoms with Gasteiger partial charge in [0.25, 0.3) is 0 Å². The lowest BCUT2D eigenvalue weighted by Crippen LogP contribution is -2.32. The van der Waals surface area contributed by atoms with Crippen molar-refractivity contribution in [3.8, 4) is 78.6 Å². The SMILES string of the molecule is c1ccc(-c2ccccc2N(c2ccc(-c3ccc4c(c3)-c3ccccc3C43c4ccccc4Oc4ccccc43)cc2)c2cccc(-c3cccc4c3-c3ccccc3C43c4ccccc4Oc4ccccc43)c2)cc1. The van der Waals surface area contributed by atoms with E-state index in [0.29, 0.717) is 0 Å². The van der Waals surface area contributed by atoms with Gasteiger partial charge in [0, 0.05) is 39.2 Å². The second-order valence-corrected chi connectivity index (χ2v) is 20.6. The van der Waals surface area contributed by atoms with Gasteiger partial charge in [-0.05, 0) is 133 Å². The average molecular weight is 982 g/mol. The molecule has 0 atom stereocenters. The first-order valence-electron chi connectivity index (χ1n) is 26.6. The number of rotatable bonds is 6. The van der Waals surface area contributed by atoms with Crippen LogP contribution in [0.3, 0.4) is 0 Å². The van der Waals surface area contributed by atoms with Gasteiger partial charge in [-0.15, -0.1) is 0 Å². The number of hydrogen-bond donors (Lipinski definition) is 0. The van der Waals surface area contributed by atoms with Crippen LogP contribution in [0, 0.1) is 0 Å². The lowest BCUT2D eigenvalue weighted by atomic mass is 9.66. The molecule has 2 aliphatic carbocycles. The summed E-state index contributed by atoms with van der Waals surface area (Å²) in [5.74, 6) is 3.58. The van der Waals surface area contributed by atoms with Gasteiger partial charge in [-0.1, -0.05) is 224 Å². The number of para-hydroxylation sites is 5. The molecule has 16 rings (SSSR count). The van der Waals surface area contributed by atoms with E-state index in [1.54, 1.807) is 0 Å². The molecule has 12 aromatic carbocycles. The summed E-state index contributed by atoms with van der Waals surface area (Å²) < 4.78 is 13.3. The summed E-state index contributed by atoms with van der Waals surface area (Å²) in [6.07, 6.45) is 0. The van der Waals surface area contributed by atoms with Crippen LogP contribution in [0.2, 0.25) is 0 Å². The number of fused-ring (bicyclic) bond motifs is 18. The predicted molar refractivity (Wildman–Crippen MR) is 312 cm³/mol. The van der Waals surface area contributed by atoms with Crippen LogP contribution in [0.25, 0.3) is 55.6 Å². The Balaban J connectivity index is 0.844. The summed E-state index contributed by atoms with van der Waals surface area (Å²) in [5, 5.41) is 0. The molecule has 0 saturated heterocycles. The van der Waals surface area contributed by atoms with E-state index in [4.69, 9.17) is 9.47 Å². The van der Waals surface area contributed by atoms with E-state index in [-0.39, 0.29) is 0 Å². The number of nitrogens with zero attached hydrogens (tertiary/aromatic N) is 1. The zero-order chi connectivity index (χ0) is 50.7. The second kappa shape index (κ2) is 16.8. The molecule has 3 heteroatoms. The molecule has 12 aromatic rings. The van der Waals surface area contributed by atoms with Crippen LogP contribution in [0.1, 0.15) is 44.5 Å². The number of ether oxygens (including phenoxy) is 2. The zero-order valence-corrected chi connectivity index (χ0v) is 41.9. The fraction of sp³-hybridized carbons (Fsp3) is 0.0270. The maximum absolute atomic E-state index is 6.67. The predicted octanol–water partition coefficient (Wildman–Crippen LogP) is 19.1. The third-order valence-electron chi connectivity index (χ3n) is 16.8. The molecule has 3 nitrogen and oxygen atoms in total. The topological polar surface area (TPSA) is 21.7 Å². The molecule has 0 fully saturated rings. The molecule has 4 aliphatic rings. The largest absolute Gasteiger partial charge is 0.457 e.